The Morgan fingerprint density at radius 2 is 2.32 bits per heavy atom. The Bertz CT molecular complexity index is 608. The summed E-state index contributed by atoms with van der Waals surface area (Å²) in [4.78, 5) is 16.7. The number of nitrogens with zero attached hydrogens (tertiary/aromatic N) is 2. The van der Waals surface area contributed by atoms with Crippen LogP contribution in [0.2, 0.25) is 0 Å². The van der Waals surface area contributed by atoms with E-state index in [1.54, 1.807) is 23.1 Å². The van der Waals surface area contributed by atoms with E-state index >= 15 is 0 Å². The molecule has 2 rings (SSSR count). The van der Waals surface area contributed by atoms with E-state index in [0.29, 0.717) is 6.54 Å². The van der Waals surface area contributed by atoms with E-state index < -0.39 is 0 Å². The molecule has 22 heavy (non-hydrogen) atoms. The summed E-state index contributed by atoms with van der Waals surface area (Å²) in [5, 5.41) is 12.6. The van der Waals surface area contributed by atoms with Crippen molar-refractivity contribution in [3.05, 3.63) is 36.0 Å². The highest BCUT2D eigenvalue weighted by Gasteiger charge is 2.25. The maximum atomic E-state index is 12.4. The van der Waals surface area contributed by atoms with Gasteiger partial charge in [0.25, 0.3) is 0 Å². The van der Waals surface area contributed by atoms with Crippen LogP contribution in [0.3, 0.4) is 0 Å². The van der Waals surface area contributed by atoms with Crippen LogP contribution in [0, 0.1) is 5.92 Å². The second-order valence-corrected chi connectivity index (χ2v) is 6.44. The molecule has 120 valence electrons. The second-order valence-electron chi connectivity index (χ2n) is 5.33. The average molecular weight is 323 g/mol. The van der Waals surface area contributed by atoms with Crippen LogP contribution in [-0.4, -0.2) is 25.8 Å². The van der Waals surface area contributed by atoms with Gasteiger partial charge in [-0.25, -0.2) is 4.98 Å². The maximum Gasteiger partial charge on any atom is 0.234 e. The van der Waals surface area contributed by atoms with E-state index in [1.807, 2.05) is 27.0 Å². The molecule has 0 aliphatic heterocycles. The first kappa shape index (κ1) is 16.6. The summed E-state index contributed by atoms with van der Waals surface area (Å²) < 4.78 is 7.02. The van der Waals surface area contributed by atoms with Crippen molar-refractivity contribution in [3.63, 3.8) is 0 Å². The third-order valence-electron chi connectivity index (χ3n) is 3.32. The van der Waals surface area contributed by atoms with Gasteiger partial charge >= 0.3 is 0 Å². The number of carbonyl (C=O) groups is 1. The Labute approximate surface area is 133 Å². The van der Waals surface area contributed by atoms with E-state index in [9.17, 15) is 9.90 Å². The summed E-state index contributed by atoms with van der Waals surface area (Å²) in [6.07, 6.45) is 3.21. The SMILES string of the molecule is CC(C)C(Sc1ncc(CO)n1C)C(=O)NCc1ccco1. The molecule has 7 heteroatoms. The first-order valence-electron chi connectivity index (χ1n) is 7.11. The topological polar surface area (TPSA) is 80.3 Å². The summed E-state index contributed by atoms with van der Waals surface area (Å²) in [6, 6.07) is 3.62. The van der Waals surface area contributed by atoms with Crippen molar-refractivity contribution in [2.75, 3.05) is 0 Å². The number of furan rings is 1. The van der Waals surface area contributed by atoms with Gasteiger partial charge in [0, 0.05) is 7.05 Å². The summed E-state index contributed by atoms with van der Waals surface area (Å²) in [5.74, 6) is 0.821. The number of hydrogen-bond donors (Lipinski definition) is 2. The van der Waals surface area contributed by atoms with Crippen LogP contribution in [0.1, 0.15) is 25.3 Å². The second kappa shape index (κ2) is 7.51. The van der Waals surface area contributed by atoms with Crippen LogP contribution in [0.5, 0.6) is 0 Å². The monoisotopic (exact) mass is 323 g/mol. The summed E-state index contributed by atoms with van der Waals surface area (Å²) >= 11 is 1.40. The lowest BCUT2D eigenvalue weighted by atomic mass is 10.1. The van der Waals surface area contributed by atoms with Crippen LogP contribution in [0.15, 0.2) is 34.2 Å². The largest absolute Gasteiger partial charge is 0.467 e. The lowest BCUT2D eigenvalue weighted by Gasteiger charge is -2.19. The predicted octanol–water partition coefficient (Wildman–Crippen LogP) is 1.94. The molecule has 1 amide bonds. The molecule has 0 radical (unpaired) electrons. The average Bonchev–Trinajstić information content (AvgIpc) is 3.12. The highest BCUT2D eigenvalue weighted by atomic mass is 32.2. The zero-order valence-corrected chi connectivity index (χ0v) is 13.8. The lowest BCUT2D eigenvalue weighted by Crippen LogP contribution is -2.35. The Hall–Kier alpha value is -1.73. The fourth-order valence-electron chi connectivity index (χ4n) is 1.98. The van der Waals surface area contributed by atoms with E-state index in [1.165, 1.54) is 11.8 Å². The summed E-state index contributed by atoms with van der Waals surface area (Å²) in [6.45, 7) is 4.30. The van der Waals surface area contributed by atoms with Gasteiger partial charge in [-0.2, -0.15) is 0 Å². The molecule has 2 heterocycles. The fraction of sp³-hybridized carbons (Fsp3) is 0.467. The van der Waals surface area contributed by atoms with Crippen LogP contribution < -0.4 is 5.32 Å². The number of amides is 1. The van der Waals surface area contributed by atoms with Crippen LogP contribution >= 0.6 is 11.8 Å². The van der Waals surface area contributed by atoms with Gasteiger partial charge in [0.05, 0.1) is 36.6 Å². The number of nitrogens with one attached hydrogen (secondary N) is 1. The Kier molecular flexibility index (Phi) is 5.68. The molecule has 2 aromatic heterocycles. The van der Waals surface area contributed by atoms with Gasteiger partial charge in [0.15, 0.2) is 5.16 Å². The molecule has 2 aromatic rings. The molecule has 0 saturated carbocycles. The first-order chi connectivity index (χ1) is 10.5. The molecular formula is C15H21N3O3S. The van der Waals surface area contributed by atoms with E-state index in [-0.39, 0.29) is 23.7 Å². The van der Waals surface area contributed by atoms with Gasteiger partial charge in [-0.3, -0.25) is 4.79 Å². The van der Waals surface area contributed by atoms with E-state index in [2.05, 4.69) is 10.3 Å². The number of rotatable bonds is 7. The first-order valence-corrected chi connectivity index (χ1v) is 7.99. The minimum Gasteiger partial charge on any atom is -0.467 e. The van der Waals surface area contributed by atoms with Crippen LogP contribution in [-0.2, 0) is 25.0 Å². The molecule has 0 saturated heterocycles. The van der Waals surface area contributed by atoms with Gasteiger partial charge in [-0.05, 0) is 18.1 Å². The van der Waals surface area contributed by atoms with Gasteiger partial charge < -0.3 is 19.4 Å². The third kappa shape index (κ3) is 3.92. The quantitative estimate of drug-likeness (QED) is 0.761. The molecule has 0 aliphatic carbocycles. The van der Waals surface area contributed by atoms with Crippen molar-refractivity contribution in [2.45, 2.75) is 37.4 Å². The minimum absolute atomic E-state index is 0.0510. The van der Waals surface area contributed by atoms with Crippen LogP contribution in [0.25, 0.3) is 0 Å². The lowest BCUT2D eigenvalue weighted by molar-refractivity contribution is -0.121. The molecule has 0 bridgehead atoms. The van der Waals surface area contributed by atoms with Crippen molar-refractivity contribution < 1.29 is 14.3 Å². The van der Waals surface area contributed by atoms with Gasteiger partial charge in [0.1, 0.15) is 5.76 Å². The third-order valence-corrected chi connectivity index (χ3v) is 4.92. The van der Waals surface area contributed by atoms with Crippen molar-refractivity contribution in [3.8, 4) is 0 Å². The van der Waals surface area contributed by atoms with Gasteiger partial charge in [-0.15, -0.1) is 0 Å². The predicted molar refractivity (Wildman–Crippen MR) is 84.2 cm³/mol. The molecule has 1 unspecified atom stereocenters. The molecule has 0 spiro atoms. The molecular weight excluding hydrogens is 302 g/mol. The molecule has 6 nitrogen and oxygen atoms in total. The molecule has 0 aromatic carbocycles. The van der Waals surface area contributed by atoms with Crippen molar-refractivity contribution in [1.29, 1.82) is 0 Å². The molecule has 2 N–H and O–H groups in total. The highest BCUT2D eigenvalue weighted by molar-refractivity contribution is 8.00. The number of aliphatic hydroxyl groups excluding tert-OH is 1. The Morgan fingerprint density at radius 1 is 1.55 bits per heavy atom. The zero-order valence-electron chi connectivity index (χ0n) is 12.9. The number of aromatic nitrogens is 2. The van der Waals surface area contributed by atoms with Crippen molar-refractivity contribution >= 4 is 17.7 Å². The maximum absolute atomic E-state index is 12.4. The zero-order chi connectivity index (χ0) is 16.1. The number of hydrogen-bond acceptors (Lipinski definition) is 5. The number of imidazole rings is 1. The smallest absolute Gasteiger partial charge is 0.234 e. The molecule has 0 fully saturated rings. The van der Waals surface area contributed by atoms with Crippen molar-refractivity contribution in [2.24, 2.45) is 13.0 Å². The summed E-state index contributed by atoms with van der Waals surface area (Å²) in [5.41, 5.74) is 0.723. The minimum atomic E-state index is -0.261. The fourth-order valence-corrected chi connectivity index (χ4v) is 3.05. The van der Waals surface area contributed by atoms with E-state index in [4.69, 9.17) is 4.42 Å². The number of aliphatic hydroxyl groups is 1. The van der Waals surface area contributed by atoms with Crippen LogP contribution in [0.4, 0.5) is 0 Å². The summed E-state index contributed by atoms with van der Waals surface area (Å²) in [7, 11) is 1.83. The molecule has 0 aliphatic rings. The van der Waals surface area contributed by atoms with E-state index in [0.717, 1.165) is 16.6 Å². The van der Waals surface area contributed by atoms with Gasteiger partial charge in [0.2, 0.25) is 5.91 Å². The highest BCUT2D eigenvalue weighted by Crippen LogP contribution is 2.27. The Morgan fingerprint density at radius 3 is 2.86 bits per heavy atom. The Balaban J connectivity index is 2.02. The number of thioether (sulfide) groups is 1. The number of carbonyl (C=O) groups excluding carboxylic acids is 1. The molecule has 1 atom stereocenters. The standard InChI is InChI=1S/C15H21N3O3S/c1-10(2)13(14(20)16-8-12-5-4-6-21-12)22-15-17-7-11(9-19)18(15)3/h4-7,10,13,19H,8-9H2,1-3H3,(H,16,20). The van der Waals surface area contributed by atoms with Crippen molar-refractivity contribution in [1.82, 2.24) is 14.9 Å². The van der Waals surface area contributed by atoms with Gasteiger partial charge in [-0.1, -0.05) is 25.6 Å². The normalized spacial score (nSPS) is 12.6.